The zero-order chi connectivity index (χ0) is 20.1. The topological polar surface area (TPSA) is 86.9 Å². The molecule has 144 valence electrons. The number of amides is 2. The summed E-state index contributed by atoms with van der Waals surface area (Å²) in [5.41, 5.74) is 1.56. The van der Waals surface area contributed by atoms with Crippen molar-refractivity contribution in [3.05, 3.63) is 71.8 Å². The lowest BCUT2D eigenvalue weighted by molar-refractivity contribution is -0.125. The molecule has 0 fully saturated rings. The number of aromatic amines is 1. The maximum Gasteiger partial charge on any atom is 0.247 e. The number of halogens is 2. The van der Waals surface area contributed by atoms with Crippen LogP contribution in [0.3, 0.4) is 0 Å². The zero-order valence-electron chi connectivity index (χ0n) is 15.0. The molecule has 3 N–H and O–H groups in total. The molecule has 3 aromatic rings. The molecule has 1 unspecified atom stereocenters. The predicted octanol–water partition coefficient (Wildman–Crippen LogP) is 3.04. The number of carbonyl (C=O) groups excluding carboxylic acids is 2. The van der Waals surface area contributed by atoms with Gasteiger partial charge >= 0.3 is 0 Å². The first-order valence-electron chi connectivity index (χ1n) is 8.57. The Balaban J connectivity index is 1.56. The quantitative estimate of drug-likeness (QED) is 0.611. The lowest BCUT2D eigenvalue weighted by Crippen LogP contribution is -2.42. The summed E-state index contributed by atoms with van der Waals surface area (Å²) >= 11 is 0. The fourth-order valence-corrected chi connectivity index (χ4v) is 2.60. The number of benzene rings is 2. The third-order valence-corrected chi connectivity index (χ3v) is 4.04. The minimum absolute atomic E-state index is 0.0788. The highest BCUT2D eigenvalue weighted by Crippen LogP contribution is 2.19. The largest absolute Gasteiger partial charge is 0.344 e. The summed E-state index contributed by atoms with van der Waals surface area (Å²) in [6.07, 6.45) is -0.373. The van der Waals surface area contributed by atoms with Crippen molar-refractivity contribution in [1.29, 1.82) is 0 Å². The Kier molecular flexibility index (Phi) is 5.78. The van der Waals surface area contributed by atoms with Crippen LogP contribution >= 0.6 is 0 Å². The standard InChI is InChI=1S/C20H18F2N4O2/c1-12(23-19(27)10-14-9-15(21)7-8-16(14)22)20(28)24-18-11-17(25-26-18)13-5-3-2-4-6-13/h2-9,11-12H,10H2,1H3,(H,23,27)(H2,24,25,26,28). The summed E-state index contributed by atoms with van der Waals surface area (Å²) in [4.78, 5) is 24.3. The number of hydrogen-bond acceptors (Lipinski definition) is 3. The molecule has 0 aliphatic rings. The Hall–Kier alpha value is -3.55. The normalized spacial score (nSPS) is 11.7. The number of rotatable bonds is 6. The van der Waals surface area contributed by atoms with Crippen LogP contribution in [0, 0.1) is 11.6 Å². The molecule has 0 aliphatic heterocycles. The van der Waals surface area contributed by atoms with Crippen LogP contribution < -0.4 is 10.6 Å². The van der Waals surface area contributed by atoms with Gasteiger partial charge in [-0.2, -0.15) is 5.10 Å². The van der Waals surface area contributed by atoms with Crippen LogP contribution in [0.5, 0.6) is 0 Å². The summed E-state index contributed by atoms with van der Waals surface area (Å²) in [5, 5.41) is 11.9. The van der Waals surface area contributed by atoms with Gasteiger partial charge in [-0.25, -0.2) is 8.78 Å². The predicted molar refractivity (Wildman–Crippen MR) is 100 cm³/mol. The Labute approximate surface area is 160 Å². The molecule has 8 heteroatoms. The van der Waals surface area contributed by atoms with Crippen molar-refractivity contribution < 1.29 is 18.4 Å². The van der Waals surface area contributed by atoms with Crippen molar-refractivity contribution in [2.24, 2.45) is 0 Å². The van der Waals surface area contributed by atoms with Crippen molar-refractivity contribution in [1.82, 2.24) is 15.5 Å². The van der Waals surface area contributed by atoms with Gasteiger partial charge in [-0.15, -0.1) is 0 Å². The summed E-state index contributed by atoms with van der Waals surface area (Å²) in [7, 11) is 0. The molecule has 2 aromatic carbocycles. The smallest absolute Gasteiger partial charge is 0.247 e. The van der Waals surface area contributed by atoms with E-state index in [2.05, 4.69) is 20.8 Å². The first-order valence-corrected chi connectivity index (χ1v) is 8.57. The first-order chi connectivity index (χ1) is 13.4. The number of carbonyl (C=O) groups is 2. The second-order valence-electron chi connectivity index (χ2n) is 6.22. The number of H-pyrrole nitrogens is 1. The monoisotopic (exact) mass is 384 g/mol. The molecule has 1 heterocycles. The second kappa shape index (κ2) is 8.43. The lowest BCUT2D eigenvalue weighted by Gasteiger charge is -2.13. The minimum atomic E-state index is -0.888. The second-order valence-corrected chi connectivity index (χ2v) is 6.22. The molecular formula is C20H18F2N4O2. The van der Waals surface area contributed by atoms with Crippen LogP contribution in [-0.2, 0) is 16.0 Å². The van der Waals surface area contributed by atoms with Gasteiger partial charge < -0.3 is 10.6 Å². The van der Waals surface area contributed by atoms with Gasteiger partial charge in [0.15, 0.2) is 5.82 Å². The summed E-state index contributed by atoms with van der Waals surface area (Å²) in [6.45, 7) is 1.49. The lowest BCUT2D eigenvalue weighted by atomic mass is 10.1. The maximum atomic E-state index is 13.6. The minimum Gasteiger partial charge on any atom is -0.344 e. The third kappa shape index (κ3) is 4.79. The Morgan fingerprint density at radius 1 is 1.11 bits per heavy atom. The summed E-state index contributed by atoms with van der Waals surface area (Å²) < 4.78 is 26.8. The molecule has 0 aliphatic carbocycles. The highest BCUT2D eigenvalue weighted by atomic mass is 19.1. The fourth-order valence-electron chi connectivity index (χ4n) is 2.60. The number of anilines is 1. The number of nitrogens with one attached hydrogen (secondary N) is 3. The Bertz CT molecular complexity index is 989. The van der Waals surface area contributed by atoms with E-state index >= 15 is 0 Å². The van der Waals surface area contributed by atoms with E-state index < -0.39 is 29.5 Å². The Morgan fingerprint density at radius 2 is 1.86 bits per heavy atom. The van der Waals surface area contributed by atoms with Crippen molar-refractivity contribution in [3.63, 3.8) is 0 Å². The van der Waals surface area contributed by atoms with Gasteiger partial charge in [0, 0.05) is 11.6 Å². The average molecular weight is 384 g/mol. The number of hydrogen-bond donors (Lipinski definition) is 3. The molecule has 1 aromatic heterocycles. The molecule has 0 saturated carbocycles. The van der Waals surface area contributed by atoms with Crippen LogP contribution in [-0.4, -0.2) is 28.1 Å². The summed E-state index contributed by atoms with van der Waals surface area (Å²) in [5.74, 6) is -2.10. The van der Waals surface area contributed by atoms with Gasteiger partial charge in [0.1, 0.15) is 17.7 Å². The van der Waals surface area contributed by atoms with Crippen molar-refractivity contribution in [2.45, 2.75) is 19.4 Å². The van der Waals surface area contributed by atoms with E-state index in [4.69, 9.17) is 0 Å². The van der Waals surface area contributed by atoms with Crippen LogP contribution in [0.15, 0.2) is 54.6 Å². The average Bonchev–Trinajstić information content (AvgIpc) is 3.14. The van der Waals surface area contributed by atoms with E-state index in [9.17, 15) is 18.4 Å². The molecular weight excluding hydrogens is 366 g/mol. The molecule has 0 bridgehead atoms. The van der Waals surface area contributed by atoms with E-state index in [1.165, 1.54) is 6.92 Å². The van der Waals surface area contributed by atoms with E-state index in [1.807, 2.05) is 30.3 Å². The number of aromatic nitrogens is 2. The van der Waals surface area contributed by atoms with Crippen LogP contribution in [0.25, 0.3) is 11.3 Å². The highest BCUT2D eigenvalue weighted by Gasteiger charge is 2.18. The molecule has 0 saturated heterocycles. The van der Waals surface area contributed by atoms with Gasteiger partial charge in [0.2, 0.25) is 11.8 Å². The molecule has 3 rings (SSSR count). The van der Waals surface area contributed by atoms with Crippen LogP contribution in [0.4, 0.5) is 14.6 Å². The summed E-state index contributed by atoms with van der Waals surface area (Å²) in [6, 6.07) is 13.1. The molecule has 6 nitrogen and oxygen atoms in total. The van der Waals surface area contributed by atoms with Gasteiger partial charge in [-0.3, -0.25) is 14.7 Å². The Morgan fingerprint density at radius 3 is 2.61 bits per heavy atom. The molecule has 28 heavy (non-hydrogen) atoms. The van der Waals surface area contributed by atoms with Crippen LogP contribution in [0.1, 0.15) is 12.5 Å². The van der Waals surface area contributed by atoms with Gasteiger partial charge in [-0.05, 0) is 30.7 Å². The zero-order valence-corrected chi connectivity index (χ0v) is 15.0. The fraction of sp³-hybridized carbons (Fsp3) is 0.150. The van der Waals surface area contributed by atoms with E-state index in [0.29, 0.717) is 5.82 Å². The van der Waals surface area contributed by atoms with Crippen molar-refractivity contribution >= 4 is 17.6 Å². The van der Waals surface area contributed by atoms with Crippen LogP contribution in [0.2, 0.25) is 0 Å². The maximum absolute atomic E-state index is 13.6. The van der Waals surface area contributed by atoms with E-state index in [1.54, 1.807) is 6.07 Å². The van der Waals surface area contributed by atoms with Gasteiger partial charge in [-0.1, -0.05) is 30.3 Å². The molecule has 1 atom stereocenters. The molecule has 2 amide bonds. The van der Waals surface area contributed by atoms with Gasteiger partial charge in [0.25, 0.3) is 0 Å². The number of nitrogens with zero attached hydrogens (tertiary/aromatic N) is 1. The molecule has 0 radical (unpaired) electrons. The highest BCUT2D eigenvalue weighted by molar-refractivity contribution is 5.96. The van der Waals surface area contributed by atoms with Crippen molar-refractivity contribution in [3.8, 4) is 11.3 Å². The molecule has 0 spiro atoms. The SMILES string of the molecule is CC(NC(=O)Cc1cc(F)ccc1F)C(=O)Nc1cc(-c2ccccc2)[nH]n1. The first kappa shape index (κ1) is 19.2. The van der Waals surface area contributed by atoms with Crippen molar-refractivity contribution in [2.75, 3.05) is 5.32 Å². The van der Waals surface area contributed by atoms with E-state index in [-0.39, 0.29) is 12.0 Å². The third-order valence-electron chi connectivity index (χ3n) is 4.04. The van der Waals surface area contributed by atoms with E-state index in [0.717, 1.165) is 29.5 Å². The van der Waals surface area contributed by atoms with Gasteiger partial charge in [0.05, 0.1) is 12.1 Å².